The molecule has 4 rings (SSSR count). The topological polar surface area (TPSA) is 81.5 Å². The van der Waals surface area contributed by atoms with E-state index < -0.39 is 4.92 Å². The zero-order valence-corrected chi connectivity index (χ0v) is 16.4. The third-order valence-electron chi connectivity index (χ3n) is 5.33. The maximum atomic E-state index is 13.0. The van der Waals surface area contributed by atoms with Gasteiger partial charge in [-0.3, -0.25) is 14.9 Å². The SMILES string of the molecule is O=C1c2ccc(OCc3ccccc3)c([N+](=O)[O-])c2CCC1NCc1ccccc1. The number of carbonyl (C=O) groups is 1. The number of carbonyl (C=O) groups excluding carboxylic acids is 1. The molecule has 3 aromatic rings. The molecule has 1 N–H and O–H groups in total. The van der Waals surface area contributed by atoms with Crippen LogP contribution in [0.25, 0.3) is 0 Å². The second-order valence-electron chi connectivity index (χ2n) is 7.29. The summed E-state index contributed by atoms with van der Waals surface area (Å²) in [5, 5.41) is 15.1. The molecule has 152 valence electrons. The summed E-state index contributed by atoms with van der Waals surface area (Å²) in [6.45, 7) is 0.808. The normalized spacial score (nSPS) is 15.5. The van der Waals surface area contributed by atoms with Gasteiger partial charge in [-0.25, -0.2) is 0 Å². The first-order valence-corrected chi connectivity index (χ1v) is 9.92. The van der Waals surface area contributed by atoms with E-state index >= 15 is 0 Å². The van der Waals surface area contributed by atoms with E-state index in [-0.39, 0.29) is 29.9 Å². The average molecular weight is 402 g/mol. The maximum Gasteiger partial charge on any atom is 0.314 e. The van der Waals surface area contributed by atoms with E-state index in [1.54, 1.807) is 6.07 Å². The van der Waals surface area contributed by atoms with Crippen molar-refractivity contribution in [3.63, 3.8) is 0 Å². The standard InChI is InChI=1S/C24H22N2O4/c27-24-20-12-14-22(30-16-18-9-5-2-6-10-18)23(26(28)29)19(20)11-13-21(24)25-15-17-7-3-1-4-8-17/h1-10,12,14,21,25H,11,13,15-16H2. The molecule has 1 aliphatic rings. The van der Waals surface area contributed by atoms with Crippen molar-refractivity contribution in [1.82, 2.24) is 5.32 Å². The Bertz CT molecular complexity index is 1050. The van der Waals surface area contributed by atoms with E-state index in [9.17, 15) is 14.9 Å². The number of benzene rings is 3. The Labute approximate surface area is 174 Å². The summed E-state index contributed by atoms with van der Waals surface area (Å²) in [6, 6.07) is 22.2. The summed E-state index contributed by atoms with van der Waals surface area (Å²) >= 11 is 0. The molecular weight excluding hydrogens is 380 g/mol. The van der Waals surface area contributed by atoms with E-state index in [4.69, 9.17) is 4.74 Å². The van der Waals surface area contributed by atoms with Crippen molar-refractivity contribution in [2.75, 3.05) is 0 Å². The number of Topliss-reactive ketones (excluding diaryl/α,β-unsaturated/α-hetero) is 1. The lowest BCUT2D eigenvalue weighted by atomic mass is 9.85. The number of nitro groups is 1. The molecule has 3 aromatic carbocycles. The van der Waals surface area contributed by atoms with Crippen molar-refractivity contribution in [1.29, 1.82) is 0 Å². The number of hydrogen-bond acceptors (Lipinski definition) is 5. The van der Waals surface area contributed by atoms with Crippen LogP contribution in [0, 0.1) is 10.1 Å². The van der Waals surface area contributed by atoms with Gasteiger partial charge >= 0.3 is 5.69 Å². The lowest BCUT2D eigenvalue weighted by Crippen LogP contribution is -2.40. The molecule has 0 bridgehead atoms. The van der Waals surface area contributed by atoms with Gasteiger partial charge in [0.25, 0.3) is 0 Å². The summed E-state index contributed by atoms with van der Waals surface area (Å²) in [6.07, 6.45) is 0.966. The van der Waals surface area contributed by atoms with Crippen LogP contribution in [-0.4, -0.2) is 16.7 Å². The van der Waals surface area contributed by atoms with Crippen molar-refractivity contribution in [3.05, 3.63) is 105 Å². The predicted molar refractivity (Wildman–Crippen MR) is 114 cm³/mol. The van der Waals surface area contributed by atoms with Crippen LogP contribution in [0.1, 0.15) is 33.5 Å². The van der Waals surface area contributed by atoms with Crippen molar-refractivity contribution in [3.8, 4) is 5.75 Å². The smallest absolute Gasteiger partial charge is 0.314 e. The van der Waals surface area contributed by atoms with Gasteiger partial charge in [-0.2, -0.15) is 0 Å². The third-order valence-corrected chi connectivity index (χ3v) is 5.33. The van der Waals surface area contributed by atoms with Crippen LogP contribution in [0.2, 0.25) is 0 Å². The molecule has 6 nitrogen and oxygen atoms in total. The molecule has 0 saturated carbocycles. The van der Waals surface area contributed by atoms with Crippen molar-refractivity contribution < 1.29 is 14.5 Å². The van der Waals surface area contributed by atoms with Crippen LogP contribution >= 0.6 is 0 Å². The molecule has 1 atom stereocenters. The minimum atomic E-state index is -0.440. The van der Waals surface area contributed by atoms with E-state index in [1.165, 1.54) is 6.07 Å². The van der Waals surface area contributed by atoms with Crippen molar-refractivity contribution >= 4 is 11.5 Å². The average Bonchev–Trinajstić information content (AvgIpc) is 2.78. The fourth-order valence-electron chi connectivity index (χ4n) is 3.79. The predicted octanol–water partition coefficient (Wildman–Crippen LogP) is 4.46. The Morgan fingerprint density at radius 2 is 1.63 bits per heavy atom. The number of ketones is 1. The van der Waals surface area contributed by atoms with Gasteiger partial charge in [0.15, 0.2) is 11.5 Å². The molecule has 0 aliphatic heterocycles. The molecular formula is C24H22N2O4. The lowest BCUT2D eigenvalue weighted by Gasteiger charge is -2.25. The van der Waals surface area contributed by atoms with Gasteiger partial charge in [0.1, 0.15) is 6.61 Å². The second-order valence-corrected chi connectivity index (χ2v) is 7.29. The third kappa shape index (κ3) is 4.23. The highest BCUT2D eigenvalue weighted by Crippen LogP contribution is 2.37. The number of ether oxygens (including phenoxy) is 1. The van der Waals surface area contributed by atoms with E-state index in [1.807, 2.05) is 60.7 Å². The number of nitrogens with one attached hydrogen (secondary N) is 1. The van der Waals surface area contributed by atoms with Crippen molar-refractivity contribution in [2.24, 2.45) is 0 Å². The molecule has 30 heavy (non-hydrogen) atoms. The highest BCUT2D eigenvalue weighted by atomic mass is 16.6. The first-order valence-electron chi connectivity index (χ1n) is 9.92. The van der Waals surface area contributed by atoms with Gasteiger partial charge in [0.2, 0.25) is 0 Å². The molecule has 0 heterocycles. The largest absolute Gasteiger partial charge is 0.482 e. The molecule has 0 spiro atoms. The summed E-state index contributed by atoms with van der Waals surface area (Å²) in [7, 11) is 0. The van der Waals surface area contributed by atoms with Crippen LogP contribution in [-0.2, 0) is 19.6 Å². The summed E-state index contributed by atoms with van der Waals surface area (Å²) < 4.78 is 5.75. The number of hydrogen-bond donors (Lipinski definition) is 1. The zero-order chi connectivity index (χ0) is 20.9. The summed E-state index contributed by atoms with van der Waals surface area (Å²) in [4.78, 5) is 24.3. The Hall–Kier alpha value is -3.51. The molecule has 0 amide bonds. The van der Waals surface area contributed by atoms with E-state index in [2.05, 4.69) is 5.32 Å². The zero-order valence-electron chi connectivity index (χ0n) is 16.4. The lowest BCUT2D eigenvalue weighted by molar-refractivity contribution is -0.386. The molecule has 1 unspecified atom stereocenters. The van der Waals surface area contributed by atoms with Gasteiger partial charge in [-0.1, -0.05) is 60.7 Å². The Morgan fingerprint density at radius 3 is 2.30 bits per heavy atom. The molecule has 0 fully saturated rings. The van der Waals surface area contributed by atoms with Crippen LogP contribution in [0.5, 0.6) is 5.75 Å². The number of nitrogens with zero attached hydrogens (tertiary/aromatic N) is 1. The highest BCUT2D eigenvalue weighted by Gasteiger charge is 2.34. The van der Waals surface area contributed by atoms with E-state index in [0.717, 1.165) is 11.1 Å². The quantitative estimate of drug-likeness (QED) is 0.466. The molecule has 0 radical (unpaired) electrons. The number of fused-ring (bicyclic) bond motifs is 1. The van der Waals surface area contributed by atoms with Crippen LogP contribution < -0.4 is 10.1 Å². The van der Waals surface area contributed by atoms with Gasteiger partial charge in [-0.05, 0) is 36.1 Å². The van der Waals surface area contributed by atoms with Gasteiger partial charge in [-0.15, -0.1) is 0 Å². The van der Waals surface area contributed by atoms with Gasteiger partial charge in [0.05, 0.1) is 11.0 Å². The van der Waals surface area contributed by atoms with Gasteiger partial charge in [0, 0.05) is 17.7 Å². The highest BCUT2D eigenvalue weighted by molar-refractivity contribution is 6.03. The monoisotopic (exact) mass is 402 g/mol. The van der Waals surface area contributed by atoms with Gasteiger partial charge < -0.3 is 10.1 Å². The minimum absolute atomic E-state index is 0.0988. The molecule has 0 aromatic heterocycles. The molecule has 0 saturated heterocycles. The fourth-order valence-corrected chi connectivity index (χ4v) is 3.79. The molecule has 1 aliphatic carbocycles. The Balaban J connectivity index is 1.53. The second kappa shape index (κ2) is 8.88. The van der Waals surface area contributed by atoms with Crippen LogP contribution in [0.3, 0.4) is 0 Å². The molecule has 6 heteroatoms. The first kappa shape index (κ1) is 19.8. The Morgan fingerprint density at radius 1 is 0.967 bits per heavy atom. The fraction of sp³-hybridized carbons (Fsp3) is 0.208. The number of nitro benzene ring substituents is 1. The van der Waals surface area contributed by atoms with Crippen LogP contribution in [0.15, 0.2) is 72.8 Å². The summed E-state index contributed by atoms with van der Waals surface area (Å²) in [5.41, 5.74) is 2.79. The first-order chi connectivity index (χ1) is 14.6. The van der Waals surface area contributed by atoms with Crippen LogP contribution in [0.4, 0.5) is 5.69 Å². The van der Waals surface area contributed by atoms with Crippen molar-refractivity contribution in [2.45, 2.75) is 32.0 Å². The van der Waals surface area contributed by atoms with E-state index in [0.29, 0.717) is 30.5 Å². The number of rotatable bonds is 7. The maximum absolute atomic E-state index is 13.0. The Kier molecular flexibility index (Phi) is 5.86. The summed E-state index contributed by atoms with van der Waals surface area (Å²) in [5.74, 6) is 0.0935. The minimum Gasteiger partial charge on any atom is -0.482 e.